The lowest BCUT2D eigenvalue weighted by molar-refractivity contribution is -0.385. The number of hydrogen-bond donors (Lipinski definition) is 5. The molecule has 244 valence electrons. The number of aromatic hydroxyl groups is 1. The summed E-state index contributed by atoms with van der Waals surface area (Å²) in [6.45, 7) is 9.22. The van der Waals surface area contributed by atoms with Gasteiger partial charge in [-0.05, 0) is 76.1 Å². The smallest absolute Gasteiger partial charge is 0.274 e. The fourth-order valence-corrected chi connectivity index (χ4v) is 5.33. The first kappa shape index (κ1) is 33.3. The molecule has 0 fully saturated rings. The molecule has 14 heteroatoms. The van der Waals surface area contributed by atoms with Gasteiger partial charge < -0.3 is 25.7 Å². The number of nitrogens with zero attached hydrogens (tertiary/aromatic N) is 7. The van der Waals surface area contributed by atoms with Crippen LogP contribution in [0.2, 0.25) is 0 Å². The lowest BCUT2D eigenvalue weighted by Gasteiger charge is -2.08. The molecule has 0 radical (unpaired) electrons. The number of rotatable bonds is 7. The minimum absolute atomic E-state index is 0.0298. The topological polar surface area (TPSA) is 218 Å². The highest BCUT2D eigenvalue weighted by Crippen LogP contribution is 2.30. The van der Waals surface area contributed by atoms with E-state index in [-0.39, 0.29) is 11.4 Å². The van der Waals surface area contributed by atoms with Gasteiger partial charge in [-0.2, -0.15) is 10.5 Å². The van der Waals surface area contributed by atoms with Gasteiger partial charge in [-0.1, -0.05) is 12.1 Å². The number of aromatic nitrogens is 6. The molecule has 6 rings (SSSR count). The van der Waals surface area contributed by atoms with Gasteiger partial charge in [-0.3, -0.25) is 10.1 Å². The first-order chi connectivity index (χ1) is 23.5. The Morgan fingerprint density at radius 3 is 1.71 bits per heavy atom. The van der Waals surface area contributed by atoms with E-state index in [1.165, 1.54) is 6.07 Å². The van der Waals surface area contributed by atoms with Gasteiger partial charge in [0.05, 0.1) is 16.3 Å². The molecule has 4 aromatic heterocycles. The third-order valence-corrected chi connectivity index (χ3v) is 7.69. The van der Waals surface area contributed by atoms with E-state index in [2.05, 4.69) is 52.7 Å². The SMILES string of the molecule is Cc1[nH]c(C#N)c(C)c1-c1ccnc(Nc2cccc(O)c2)n1.Cc1ccc(Nc2nccc(-c3c(C)[nH]c(C#N)c3C)n2)cc1[N+](=O)[O-]. The van der Waals surface area contributed by atoms with Gasteiger partial charge in [-0.25, -0.2) is 19.9 Å². The van der Waals surface area contributed by atoms with Crippen molar-refractivity contribution in [2.24, 2.45) is 0 Å². The fourth-order valence-electron chi connectivity index (χ4n) is 5.33. The van der Waals surface area contributed by atoms with E-state index < -0.39 is 4.92 Å². The third kappa shape index (κ3) is 7.34. The quantitative estimate of drug-likeness (QED) is 0.0848. The number of benzene rings is 2. The second-order valence-corrected chi connectivity index (χ2v) is 11.1. The van der Waals surface area contributed by atoms with E-state index in [4.69, 9.17) is 10.5 Å². The van der Waals surface area contributed by atoms with Crippen molar-refractivity contribution in [3.05, 3.63) is 117 Å². The monoisotopic (exact) mass is 653 g/mol. The van der Waals surface area contributed by atoms with Crippen molar-refractivity contribution in [3.8, 4) is 40.4 Å². The minimum Gasteiger partial charge on any atom is -0.508 e. The molecule has 0 aliphatic heterocycles. The molecule has 0 aliphatic carbocycles. The normalized spacial score (nSPS) is 10.3. The van der Waals surface area contributed by atoms with Crippen LogP contribution in [0.3, 0.4) is 0 Å². The highest BCUT2D eigenvalue weighted by atomic mass is 16.6. The van der Waals surface area contributed by atoms with Crippen LogP contribution in [0.25, 0.3) is 22.5 Å². The number of anilines is 4. The Kier molecular flexibility index (Phi) is 9.62. The number of nitro benzene ring substituents is 1. The van der Waals surface area contributed by atoms with Crippen molar-refractivity contribution < 1.29 is 10.0 Å². The summed E-state index contributed by atoms with van der Waals surface area (Å²) < 4.78 is 0. The maximum Gasteiger partial charge on any atom is 0.274 e. The van der Waals surface area contributed by atoms with Crippen LogP contribution in [-0.4, -0.2) is 39.9 Å². The summed E-state index contributed by atoms with van der Waals surface area (Å²) in [5, 5.41) is 44.9. The van der Waals surface area contributed by atoms with Gasteiger partial charge in [0.15, 0.2) is 0 Å². The van der Waals surface area contributed by atoms with E-state index >= 15 is 0 Å². The average Bonchev–Trinajstić information content (AvgIpc) is 3.54. The zero-order valence-corrected chi connectivity index (χ0v) is 27.2. The van der Waals surface area contributed by atoms with E-state index in [1.54, 1.807) is 61.8 Å². The Balaban J connectivity index is 0.000000192. The second-order valence-electron chi connectivity index (χ2n) is 11.1. The van der Waals surface area contributed by atoms with Gasteiger partial charge in [0.1, 0.15) is 29.3 Å². The number of H-pyrrole nitrogens is 2. The van der Waals surface area contributed by atoms with Crippen molar-refractivity contribution in [1.82, 2.24) is 29.9 Å². The third-order valence-electron chi connectivity index (χ3n) is 7.69. The van der Waals surface area contributed by atoms with E-state index in [1.807, 2.05) is 33.8 Å². The largest absolute Gasteiger partial charge is 0.508 e. The van der Waals surface area contributed by atoms with Crippen LogP contribution >= 0.6 is 0 Å². The molecule has 49 heavy (non-hydrogen) atoms. The highest BCUT2D eigenvalue weighted by Gasteiger charge is 2.17. The molecule has 0 saturated carbocycles. The number of nitriles is 2. The molecule has 0 saturated heterocycles. The van der Waals surface area contributed by atoms with Crippen molar-refractivity contribution >= 4 is 29.0 Å². The zero-order valence-electron chi connectivity index (χ0n) is 27.2. The van der Waals surface area contributed by atoms with E-state index in [9.17, 15) is 15.2 Å². The Morgan fingerprint density at radius 1 is 0.755 bits per heavy atom. The lowest BCUT2D eigenvalue weighted by Crippen LogP contribution is -2.00. The maximum atomic E-state index is 11.1. The van der Waals surface area contributed by atoms with Gasteiger partial charge in [0, 0.05) is 64.0 Å². The summed E-state index contributed by atoms with van der Waals surface area (Å²) in [5.74, 6) is 0.910. The van der Waals surface area contributed by atoms with E-state index in [0.29, 0.717) is 45.9 Å². The number of nitrogens with one attached hydrogen (secondary N) is 4. The number of hydrogen-bond acceptors (Lipinski definition) is 11. The summed E-state index contributed by atoms with van der Waals surface area (Å²) in [7, 11) is 0. The van der Waals surface area contributed by atoms with Crippen molar-refractivity contribution in [3.63, 3.8) is 0 Å². The Bertz CT molecular complexity index is 2280. The highest BCUT2D eigenvalue weighted by molar-refractivity contribution is 5.72. The Hall–Kier alpha value is -7.06. The standard InChI is InChI=1S/C18H16N6O2.C17H15N5O/c1-10-4-5-13(8-16(10)24(25)26)22-18-20-7-6-14(23-18)17-11(2)15(9-19)21-12(17)3;1-10-15(9-18)20-11(2)16(10)14-6-7-19-17(22-14)21-12-4-3-5-13(23)8-12/h4-8,21H,1-3H3,(H,20,22,23);3-8,20,23H,1-2H3,(H,19,21,22). The fraction of sp³-hybridized carbons (Fsp3) is 0.143. The zero-order chi connectivity index (χ0) is 35.2. The summed E-state index contributed by atoms with van der Waals surface area (Å²) in [5.41, 5.74) is 9.45. The molecule has 0 aliphatic rings. The van der Waals surface area contributed by atoms with Gasteiger partial charge in [0.25, 0.3) is 5.69 Å². The van der Waals surface area contributed by atoms with Crippen LogP contribution in [0, 0.1) is 67.4 Å². The number of phenols is 1. The molecule has 0 atom stereocenters. The maximum absolute atomic E-state index is 11.1. The van der Waals surface area contributed by atoms with Crippen LogP contribution in [0.1, 0.15) is 39.5 Å². The average molecular weight is 654 g/mol. The molecule has 4 heterocycles. The van der Waals surface area contributed by atoms with Crippen LogP contribution in [-0.2, 0) is 0 Å². The molecule has 0 bridgehead atoms. The molecular weight excluding hydrogens is 622 g/mol. The molecule has 6 aromatic rings. The molecule has 5 N–H and O–H groups in total. The Morgan fingerprint density at radius 2 is 1.27 bits per heavy atom. The van der Waals surface area contributed by atoms with Crippen LogP contribution in [0.15, 0.2) is 67.0 Å². The van der Waals surface area contributed by atoms with Crippen molar-refractivity contribution in [1.29, 1.82) is 10.5 Å². The second kappa shape index (κ2) is 14.1. The van der Waals surface area contributed by atoms with Crippen LogP contribution < -0.4 is 10.6 Å². The number of nitro groups is 1. The van der Waals surface area contributed by atoms with Gasteiger partial charge in [-0.15, -0.1) is 0 Å². The summed E-state index contributed by atoms with van der Waals surface area (Å²) in [6.07, 6.45) is 3.26. The number of aryl methyl sites for hydroxylation is 3. The lowest BCUT2D eigenvalue weighted by atomic mass is 10.1. The summed E-state index contributed by atoms with van der Waals surface area (Å²) in [6, 6.07) is 19.4. The van der Waals surface area contributed by atoms with Crippen LogP contribution in [0.5, 0.6) is 5.75 Å². The predicted octanol–water partition coefficient (Wildman–Crippen LogP) is 7.33. The Labute approximate surface area is 281 Å². The van der Waals surface area contributed by atoms with Crippen molar-refractivity contribution in [2.75, 3.05) is 10.6 Å². The number of phenolic OH excluding ortho intramolecular Hbond substituents is 1. The number of aromatic amines is 2. The summed E-state index contributed by atoms with van der Waals surface area (Å²) in [4.78, 5) is 34.1. The van der Waals surface area contributed by atoms with Gasteiger partial charge >= 0.3 is 0 Å². The first-order valence-corrected chi connectivity index (χ1v) is 14.9. The van der Waals surface area contributed by atoms with Crippen molar-refractivity contribution in [2.45, 2.75) is 34.6 Å². The molecule has 2 aromatic carbocycles. The molecule has 0 spiro atoms. The van der Waals surface area contributed by atoms with Gasteiger partial charge in [0.2, 0.25) is 11.9 Å². The predicted molar refractivity (Wildman–Crippen MR) is 185 cm³/mol. The molecule has 0 amide bonds. The first-order valence-electron chi connectivity index (χ1n) is 14.9. The molecule has 14 nitrogen and oxygen atoms in total. The minimum atomic E-state index is -0.423. The summed E-state index contributed by atoms with van der Waals surface area (Å²) >= 11 is 0. The van der Waals surface area contributed by atoms with E-state index in [0.717, 1.165) is 39.3 Å². The van der Waals surface area contributed by atoms with Crippen LogP contribution in [0.4, 0.5) is 29.0 Å². The molecular formula is C35H31N11O3. The molecule has 0 unspecified atom stereocenters.